The number of carbonyl (C=O) groups excluding carboxylic acids is 1. The van der Waals surface area contributed by atoms with Crippen molar-refractivity contribution in [3.63, 3.8) is 0 Å². The predicted molar refractivity (Wildman–Crippen MR) is 110 cm³/mol. The Hall–Kier alpha value is -1.83. The number of halogens is 2. The fraction of sp³-hybridized carbons (Fsp3) is 0.368. The zero-order valence-corrected chi connectivity index (χ0v) is 17.3. The molecule has 28 heavy (non-hydrogen) atoms. The highest BCUT2D eigenvalue weighted by Gasteiger charge is 2.27. The number of pyridine rings is 1. The molecule has 0 saturated carbocycles. The van der Waals surface area contributed by atoms with Crippen LogP contribution >= 0.6 is 23.2 Å². The molecule has 2 aromatic rings. The molecule has 1 aliphatic heterocycles. The molecule has 0 spiro atoms. The van der Waals surface area contributed by atoms with Gasteiger partial charge in [-0.3, -0.25) is 4.79 Å². The SMILES string of the molecule is O=C(c1ccc(NC2CCc3c2ccc(Cl)c3Cl)nc1)N1CCS(=O)(=O)CC1. The van der Waals surface area contributed by atoms with Gasteiger partial charge in [-0.2, -0.15) is 0 Å². The van der Waals surface area contributed by atoms with Gasteiger partial charge in [0.1, 0.15) is 5.82 Å². The maximum atomic E-state index is 12.5. The van der Waals surface area contributed by atoms with Gasteiger partial charge in [-0.1, -0.05) is 29.3 Å². The van der Waals surface area contributed by atoms with Crippen LogP contribution < -0.4 is 5.32 Å². The Morgan fingerprint density at radius 3 is 2.57 bits per heavy atom. The zero-order chi connectivity index (χ0) is 19.9. The average molecular weight is 440 g/mol. The molecule has 1 aromatic heterocycles. The first-order valence-corrected chi connectivity index (χ1v) is 11.6. The highest BCUT2D eigenvalue weighted by molar-refractivity contribution is 7.91. The van der Waals surface area contributed by atoms with Gasteiger partial charge in [0.15, 0.2) is 9.84 Å². The van der Waals surface area contributed by atoms with Gasteiger partial charge < -0.3 is 10.2 Å². The number of benzene rings is 1. The maximum Gasteiger partial charge on any atom is 0.255 e. The Kier molecular flexibility index (Phi) is 5.24. The van der Waals surface area contributed by atoms with Crippen molar-refractivity contribution in [1.29, 1.82) is 0 Å². The number of nitrogens with zero attached hydrogens (tertiary/aromatic N) is 2. The number of fused-ring (bicyclic) bond motifs is 1. The molecule has 6 nitrogen and oxygen atoms in total. The Morgan fingerprint density at radius 2 is 1.89 bits per heavy atom. The number of aromatic nitrogens is 1. The molecule has 1 amide bonds. The first kappa shape index (κ1) is 19.5. The molecule has 1 aliphatic carbocycles. The van der Waals surface area contributed by atoms with Crippen LogP contribution in [0, 0.1) is 0 Å². The summed E-state index contributed by atoms with van der Waals surface area (Å²) < 4.78 is 23.0. The lowest BCUT2D eigenvalue weighted by Gasteiger charge is -2.26. The molecular weight excluding hydrogens is 421 g/mol. The normalized spacial score (nSPS) is 20.6. The van der Waals surface area contributed by atoms with E-state index >= 15 is 0 Å². The second kappa shape index (κ2) is 7.54. The van der Waals surface area contributed by atoms with Crippen LogP contribution in [-0.2, 0) is 16.3 Å². The number of anilines is 1. The van der Waals surface area contributed by atoms with Crippen LogP contribution in [0.3, 0.4) is 0 Å². The molecule has 2 aliphatic rings. The molecule has 9 heteroatoms. The molecule has 1 saturated heterocycles. The van der Waals surface area contributed by atoms with Crippen molar-refractivity contribution in [3.8, 4) is 0 Å². The number of hydrogen-bond acceptors (Lipinski definition) is 5. The number of rotatable bonds is 3. The van der Waals surface area contributed by atoms with Crippen molar-refractivity contribution in [3.05, 3.63) is 57.2 Å². The van der Waals surface area contributed by atoms with E-state index in [1.165, 1.54) is 6.20 Å². The Balaban J connectivity index is 1.44. The van der Waals surface area contributed by atoms with E-state index in [9.17, 15) is 13.2 Å². The first-order valence-electron chi connectivity index (χ1n) is 9.03. The number of carbonyl (C=O) groups is 1. The van der Waals surface area contributed by atoms with Gasteiger partial charge in [0.05, 0.1) is 33.2 Å². The summed E-state index contributed by atoms with van der Waals surface area (Å²) in [5, 5.41) is 4.56. The highest BCUT2D eigenvalue weighted by atomic mass is 35.5. The van der Waals surface area contributed by atoms with Crippen LogP contribution in [0.1, 0.15) is 33.9 Å². The van der Waals surface area contributed by atoms with Gasteiger partial charge in [-0.05, 0) is 42.2 Å². The fourth-order valence-corrected chi connectivity index (χ4v) is 5.31. The second-order valence-corrected chi connectivity index (χ2v) is 10.1. The minimum absolute atomic E-state index is 0.0134. The molecule has 0 bridgehead atoms. The summed E-state index contributed by atoms with van der Waals surface area (Å²) in [5.41, 5.74) is 2.64. The standard InChI is InChI=1S/C19H19Cl2N3O3S/c20-15-4-2-13-14(18(15)21)3-5-16(13)23-17-6-1-12(11-22-17)19(25)24-7-9-28(26,27)10-8-24/h1-2,4,6,11,16H,3,5,7-10H2,(H,22,23). The van der Waals surface area contributed by atoms with E-state index in [4.69, 9.17) is 23.2 Å². The number of nitrogens with one attached hydrogen (secondary N) is 1. The number of sulfone groups is 1. The van der Waals surface area contributed by atoms with E-state index in [1.54, 1.807) is 23.1 Å². The first-order chi connectivity index (χ1) is 13.3. The summed E-state index contributed by atoms with van der Waals surface area (Å²) in [4.78, 5) is 18.5. The number of hydrogen-bond donors (Lipinski definition) is 1. The van der Waals surface area contributed by atoms with Crippen LogP contribution in [0.15, 0.2) is 30.5 Å². The molecule has 148 valence electrons. The van der Waals surface area contributed by atoms with E-state index in [0.29, 0.717) is 21.4 Å². The van der Waals surface area contributed by atoms with Crippen LogP contribution in [0.5, 0.6) is 0 Å². The second-order valence-electron chi connectivity index (χ2n) is 7.04. The molecule has 2 heterocycles. The largest absolute Gasteiger partial charge is 0.363 e. The van der Waals surface area contributed by atoms with Crippen molar-refractivity contribution in [2.24, 2.45) is 0 Å². The quantitative estimate of drug-likeness (QED) is 0.792. The topological polar surface area (TPSA) is 79.4 Å². The van der Waals surface area contributed by atoms with Gasteiger partial charge >= 0.3 is 0 Å². The minimum Gasteiger partial charge on any atom is -0.363 e. The summed E-state index contributed by atoms with van der Waals surface area (Å²) in [5.74, 6) is 0.502. The van der Waals surface area contributed by atoms with Gasteiger partial charge in [-0.15, -0.1) is 0 Å². The van der Waals surface area contributed by atoms with Crippen LogP contribution in [0.4, 0.5) is 5.82 Å². The molecule has 1 atom stereocenters. The third-order valence-electron chi connectivity index (χ3n) is 5.25. The summed E-state index contributed by atoms with van der Waals surface area (Å²) in [7, 11) is -3.02. The van der Waals surface area contributed by atoms with Crippen LogP contribution in [-0.4, -0.2) is 48.8 Å². The smallest absolute Gasteiger partial charge is 0.255 e. The van der Waals surface area contributed by atoms with Crippen molar-refractivity contribution in [2.75, 3.05) is 29.9 Å². The third kappa shape index (κ3) is 3.83. The molecule has 1 N–H and O–H groups in total. The molecular formula is C19H19Cl2N3O3S. The van der Waals surface area contributed by atoms with Crippen LogP contribution in [0.25, 0.3) is 0 Å². The van der Waals surface area contributed by atoms with Crippen molar-refractivity contribution < 1.29 is 13.2 Å². The maximum absolute atomic E-state index is 12.5. The lowest BCUT2D eigenvalue weighted by atomic mass is 10.1. The van der Waals surface area contributed by atoms with Crippen molar-refractivity contribution in [2.45, 2.75) is 18.9 Å². The lowest BCUT2D eigenvalue weighted by molar-refractivity contribution is 0.0770. The van der Waals surface area contributed by atoms with E-state index in [-0.39, 0.29) is 36.5 Å². The Labute approximate surface area is 173 Å². The summed E-state index contributed by atoms with van der Waals surface area (Å²) in [6, 6.07) is 7.36. The van der Waals surface area contributed by atoms with Gasteiger partial charge in [0.2, 0.25) is 0 Å². The summed E-state index contributed by atoms with van der Waals surface area (Å²) in [6.07, 6.45) is 3.26. The van der Waals surface area contributed by atoms with Gasteiger partial charge in [-0.25, -0.2) is 13.4 Å². The van der Waals surface area contributed by atoms with Gasteiger partial charge in [0, 0.05) is 19.3 Å². The molecule has 1 unspecified atom stereocenters. The molecule has 0 radical (unpaired) electrons. The van der Waals surface area contributed by atoms with E-state index in [0.717, 1.165) is 24.0 Å². The zero-order valence-electron chi connectivity index (χ0n) is 15.0. The molecule has 4 rings (SSSR count). The minimum atomic E-state index is -3.02. The summed E-state index contributed by atoms with van der Waals surface area (Å²) >= 11 is 12.4. The highest BCUT2D eigenvalue weighted by Crippen LogP contribution is 2.40. The molecule has 1 aromatic carbocycles. The van der Waals surface area contributed by atoms with Gasteiger partial charge in [0.25, 0.3) is 5.91 Å². The van der Waals surface area contributed by atoms with Crippen molar-refractivity contribution in [1.82, 2.24) is 9.88 Å². The monoisotopic (exact) mass is 439 g/mol. The van der Waals surface area contributed by atoms with Crippen LogP contribution in [0.2, 0.25) is 10.0 Å². The summed E-state index contributed by atoms with van der Waals surface area (Å²) in [6.45, 7) is 0.451. The third-order valence-corrected chi connectivity index (χ3v) is 7.71. The molecule has 1 fully saturated rings. The Bertz CT molecular complexity index is 1010. The predicted octanol–water partition coefficient (Wildman–Crippen LogP) is 3.36. The fourth-order valence-electron chi connectivity index (χ4n) is 3.66. The average Bonchev–Trinajstić information content (AvgIpc) is 3.08. The van der Waals surface area contributed by atoms with E-state index < -0.39 is 9.84 Å². The number of amides is 1. The van der Waals surface area contributed by atoms with E-state index in [2.05, 4.69) is 10.3 Å². The van der Waals surface area contributed by atoms with E-state index in [1.807, 2.05) is 6.07 Å². The van der Waals surface area contributed by atoms with Crippen molar-refractivity contribution >= 4 is 44.8 Å². The Morgan fingerprint density at radius 1 is 1.14 bits per heavy atom. The lowest BCUT2D eigenvalue weighted by Crippen LogP contribution is -2.43.